The third-order valence-corrected chi connectivity index (χ3v) is 6.52. The van der Waals surface area contributed by atoms with Crippen molar-refractivity contribution in [1.82, 2.24) is 0 Å². The molecule has 0 atom stereocenters. The largest absolute Gasteiger partial charge is 0.379 e. The maximum atomic E-state index is 14.5. The molecule has 2 aromatic rings. The van der Waals surface area contributed by atoms with E-state index in [1.165, 1.54) is 50.2 Å². The highest BCUT2D eigenvalue weighted by atomic mass is 19.2. The lowest BCUT2D eigenvalue weighted by molar-refractivity contribution is -0.455. The van der Waals surface area contributed by atoms with Crippen LogP contribution in [-0.4, -0.2) is 11.2 Å². The summed E-state index contributed by atoms with van der Waals surface area (Å²) in [6.07, 6.45) is 8.55. The molecule has 0 amide bonds. The zero-order chi connectivity index (χ0) is 22.4. The van der Waals surface area contributed by atoms with Gasteiger partial charge in [0.15, 0.2) is 11.6 Å². The van der Waals surface area contributed by atoms with Crippen molar-refractivity contribution in [2.75, 3.05) is 0 Å². The fourth-order valence-electron chi connectivity index (χ4n) is 4.74. The van der Waals surface area contributed by atoms with Gasteiger partial charge in [0.2, 0.25) is 0 Å². The minimum absolute atomic E-state index is 0.220. The quantitative estimate of drug-likeness (QED) is 0.373. The van der Waals surface area contributed by atoms with Crippen LogP contribution in [0.25, 0.3) is 0 Å². The molecule has 1 fully saturated rings. The second-order valence-corrected chi connectivity index (χ2v) is 8.54. The molecule has 0 radical (unpaired) electrons. The number of carbonyl (C=O) groups excluding carboxylic acids is 1. The van der Waals surface area contributed by atoms with E-state index in [4.69, 9.17) is 5.26 Å². The molecule has 0 unspecified atom stereocenters. The summed E-state index contributed by atoms with van der Waals surface area (Å²) in [5.41, 5.74) is 2.45. The molecule has 0 bridgehead atoms. The van der Waals surface area contributed by atoms with Gasteiger partial charge in [0.25, 0.3) is 0 Å². The van der Waals surface area contributed by atoms with Crippen LogP contribution in [0.1, 0.15) is 84.0 Å². The van der Waals surface area contributed by atoms with Crippen molar-refractivity contribution < 1.29 is 28.8 Å². The Morgan fingerprint density at radius 2 is 1.74 bits per heavy atom. The zero-order valence-corrected chi connectivity index (χ0v) is 18.1. The first-order valence-electron chi connectivity index (χ1n) is 11.0. The number of benzene rings is 2. The summed E-state index contributed by atoms with van der Waals surface area (Å²) in [6.45, 7) is 3.85. The van der Waals surface area contributed by atoms with Crippen LogP contribution in [0.4, 0.5) is 8.78 Å². The van der Waals surface area contributed by atoms with Crippen LogP contribution in [0.5, 0.6) is 0 Å². The van der Waals surface area contributed by atoms with E-state index in [0.717, 1.165) is 11.5 Å². The molecular formula is C25H30F2O4. The summed E-state index contributed by atoms with van der Waals surface area (Å²) in [5.74, 6) is -2.19. The van der Waals surface area contributed by atoms with Crippen LogP contribution < -0.4 is 0 Å². The Morgan fingerprint density at radius 1 is 1.06 bits per heavy atom. The van der Waals surface area contributed by atoms with E-state index in [-0.39, 0.29) is 5.56 Å². The molecule has 0 aliphatic heterocycles. The second kappa shape index (κ2) is 10.8. The van der Waals surface area contributed by atoms with Gasteiger partial charge in [-0.3, -0.25) is 4.89 Å². The number of hydrogen-bond donors (Lipinski definition) is 1. The third-order valence-electron chi connectivity index (χ3n) is 6.52. The molecule has 0 saturated heterocycles. The van der Waals surface area contributed by atoms with Gasteiger partial charge in [0, 0.05) is 0 Å². The van der Waals surface area contributed by atoms with E-state index in [9.17, 15) is 13.6 Å². The number of rotatable bonds is 8. The third kappa shape index (κ3) is 5.69. The average molecular weight is 433 g/mol. The molecule has 1 saturated carbocycles. The Hall–Kier alpha value is -2.31. The lowest BCUT2D eigenvalue weighted by Crippen LogP contribution is -2.13. The topological polar surface area (TPSA) is 55.8 Å². The van der Waals surface area contributed by atoms with Gasteiger partial charge >= 0.3 is 5.97 Å². The van der Waals surface area contributed by atoms with Gasteiger partial charge in [0.1, 0.15) is 5.56 Å². The molecule has 0 heterocycles. The highest BCUT2D eigenvalue weighted by Gasteiger charge is 2.23. The summed E-state index contributed by atoms with van der Waals surface area (Å²) in [5, 5.41) is 11.4. The van der Waals surface area contributed by atoms with Crippen molar-refractivity contribution in [3.63, 3.8) is 0 Å². The molecule has 6 heteroatoms. The number of carbonyl (C=O) groups is 1. The van der Waals surface area contributed by atoms with Gasteiger partial charge < -0.3 is 0 Å². The van der Waals surface area contributed by atoms with Crippen molar-refractivity contribution in [3.8, 4) is 0 Å². The molecule has 4 nitrogen and oxygen atoms in total. The number of aryl methyl sites for hydroxylation is 2. The van der Waals surface area contributed by atoms with E-state index < -0.39 is 23.2 Å². The van der Waals surface area contributed by atoms with Crippen LogP contribution in [-0.2, 0) is 22.8 Å². The molecule has 1 aliphatic carbocycles. The van der Waals surface area contributed by atoms with Crippen molar-refractivity contribution in [2.24, 2.45) is 5.92 Å². The summed E-state index contributed by atoms with van der Waals surface area (Å²) in [4.78, 5) is 15.4. The van der Waals surface area contributed by atoms with Gasteiger partial charge in [-0.15, -0.1) is 0 Å². The maximum absolute atomic E-state index is 14.5. The maximum Gasteiger partial charge on any atom is 0.379 e. The summed E-state index contributed by atoms with van der Waals surface area (Å²) in [7, 11) is 0. The monoisotopic (exact) mass is 432 g/mol. The minimum atomic E-state index is -1.31. The predicted octanol–water partition coefficient (Wildman–Crippen LogP) is 6.69. The molecule has 3 rings (SSSR count). The Labute approximate surface area is 182 Å². The van der Waals surface area contributed by atoms with Gasteiger partial charge in [-0.05, 0) is 90.6 Å². The van der Waals surface area contributed by atoms with E-state index in [0.29, 0.717) is 24.3 Å². The lowest BCUT2D eigenvalue weighted by atomic mass is 9.77. The summed E-state index contributed by atoms with van der Waals surface area (Å²) in [6, 6.07) is 9.67. The molecular weight excluding hydrogens is 402 g/mol. The summed E-state index contributed by atoms with van der Waals surface area (Å²) < 4.78 is 28.8. The Kier molecular flexibility index (Phi) is 8.15. The second-order valence-electron chi connectivity index (χ2n) is 8.54. The first-order chi connectivity index (χ1) is 14.9. The Bertz CT molecular complexity index is 887. The Morgan fingerprint density at radius 3 is 2.35 bits per heavy atom. The van der Waals surface area contributed by atoms with E-state index in [2.05, 4.69) is 41.1 Å². The first kappa shape index (κ1) is 23.4. The SMILES string of the molecule is CCCC1CCC(c2ccc(CCc3c(C)cc(C(=O)OOO)c(F)c3F)cc2)CC1. The molecule has 1 aliphatic rings. The highest BCUT2D eigenvalue weighted by molar-refractivity contribution is 5.89. The van der Waals surface area contributed by atoms with Gasteiger partial charge in [-0.1, -0.05) is 44.0 Å². The normalized spacial score (nSPS) is 18.7. The van der Waals surface area contributed by atoms with Crippen molar-refractivity contribution >= 4 is 5.97 Å². The van der Waals surface area contributed by atoms with E-state index in [1.807, 2.05) is 0 Å². The number of halogens is 2. The average Bonchev–Trinajstić information content (AvgIpc) is 2.77. The van der Waals surface area contributed by atoms with Crippen LogP contribution in [0.15, 0.2) is 30.3 Å². The lowest BCUT2D eigenvalue weighted by Gasteiger charge is -2.28. The Balaban J connectivity index is 1.63. The molecule has 0 aromatic heterocycles. The van der Waals surface area contributed by atoms with Gasteiger partial charge in [0.05, 0.1) is 0 Å². The first-order valence-corrected chi connectivity index (χ1v) is 11.0. The fourth-order valence-corrected chi connectivity index (χ4v) is 4.74. The minimum Gasteiger partial charge on any atom is -0.263 e. The smallest absolute Gasteiger partial charge is 0.263 e. The van der Waals surface area contributed by atoms with Gasteiger partial charge in [-0.2, -0.15) is 0 Å². The molecule has 2 aromatic carbocycles. The van der Waals surface area contributed by atoms with Crippen molar-refractivity contribution in [3.05, 3.63) is 69.8 Å². The van der Waals surface area contributed by atoms with Crippen molar-refractivity contribution in [1.29, 1.82) is 0 Å². The van der Waals surface area contributed by atoms with E-state index in [1.54, 1.807) is 6.92 Å². The van der Waals surface area contributed by atoms with Crippen LogP contribution in [0.3, 0.4) is 0 Å². The standard InChI is InChI=1S/C25H30F2O4/c1-3-4-17-5-10-19(11-6-17)20-12-7-18(8-13-20)9-14-21-16(2)15-22(24(27)23(21)26)25(28)30-31-29/h7-8,12-13,15,17,19,29H,3-6,9-11,14H2,1-2H3. The van der Waals surface area contributed by atoms with Crippen LogP contribution >= 0.6 is 0 Å². The molecule has 0 spiro atoms. The van der Waals surface area contributed by atoms with Crippen LogP contribution in [0, 0.1) is 24.5 Å². The zero-order valence-electron chi connectivity index (χ0n) is 18.1. The molecule has 168 valence electrons. The van der Waals surface area contributed by atoms with Crippen LogP contribution in [0.2, 0.25) is 0 Å². The molecule has 31 heavy (non-hydrogen) atoms. The molecule has 1 N–H and O–H groups in total. The summed E-state index contributed by atoms with van der Waals surface area (Å²) >= 11 is 0. The predicted molar refractivity (Wildman–Crippen MR) is 114 cm³/mol. The number of hydrogen-bond acceptors (Lipinski definition) is 4. The van der Waals surface area contributed by atoms with Crippen molar-refractivity contribution in [2.45, 2.75) is 71.1 Å². The fraction of sp³-hybridized carbons (Fsp3) is 0.480. The highest BCUT2D eigenvalue weighted by Crippen LogP contribution is 2.37. The van der Waals surface area contributed by atoms with Gasteiger partial charge in [-0.25, -0.2) is 18.8 Å². The van der Waals surface area contributed by atoms with E-state index >= 15 is 0 Å².